The second-order valence-electron chi connectivity index (χ2n) is 17.6. The number of carbonyl (C=O) groups excluding carboxylic acids is 1. The zero-order valence-corrected chi connectivity index (χ0v) is 41.6. The van der Waals surface area contributed by atoms with E-state index in [4.69, 9.17) is 30.5 Å². The number of piperidine rings is 1. The Hall–Kier alpha value is -6.61. The fourth-order valence-corrected chi connectivity index (χ4v) is 9.70. The first-order chi connectivity index (χ1) is 33.1. The van der Waals surface area contributed by atoms with Crippen molar-refractivity contribution in [1.29, 1.82) is 5.26 Å². The van der Waals surface area contributed by atoms with Gasteiger partial charge in [0.05, 0.1) is 40.3 Å². The van der Waals surface area contributed by atoms with E-state index in [0.717, 1.165) is 12.8 Å². The van der Waals surface area contributed by atoms with Crippen LogP contribution in [-0.2, 0) is 21.8 Å². The molecule has 1 aliphatic rings. The Labute approximate surface area is 408 Å². The minimum Gasteiger partial charge on any atom is -0.491 e. The van der Waals surface area contributed by atoms with E-state index in [-0.39, 0.29) is 35.5 Å². The van der Waals surface area contributed by atoms with Gasteiger partial charge >= 0.3 is 0 Å². The first kappa shape index (κ1) is 50.3. The summed E-state index contributed by atoms with van der Waals surface area (Å²) in [5.41, 5.74) is 2.26. The van der Waals surface area contributed by atoms with Gasteiger partial charge in [-0.05, 0) is 81.1 Å². The molecule has 0 unspecified atom stereocenters. The normalized spacial score (nSPS) is 14.2. The molecular weight excluding hydrogens is 920 g/mol. The SMILES string of the molecule is CC[C@@H](NC(=O)c1cnc(N2CCC(OCCOc3cccc(Oc4ccc(N(C)S(=O)(=O)CC)cc4-c4cn(C)c(=O)c5[nH]ccc45)c3)CC2)nc1)C(C)(C)[C@@H](CC)Oc1ccc(C#N)c(Cl)c1. The Bertz CT molecular complexity index is 2980. The van der Waals surface area contributed by atoms with Crippen molar-refractivity contribution in [3.63, 3.8) is 0 Å². The van der Waals surface area contributed by atoms with Crippen LogP contribution in [0.3, 0.4) is 0 Å². The predicted molar refractivity (Wildman–Crippen MR) is 268 cm³/mol. The summed E-state index contributed by atoms with van der Waals surface area (Å²) in [6, 6.07) is 21.1. The molecule has 0 spiro atoms. The van der Waals surface area contributed by atoms with Gasteiger partial charge in [0.25, 0.3) is 11.5 Å². The fourth-order valence-electron chi connectivity index (χ4n) is 8.67. The second kappa shape index (κ2) is 21.8. The van der Waals surface area contributed by atoms with Crippen LogP contribution in [0.1, 0.15) is 76.2 Å². The Morgan fingerprint density at radius 1 is 0.986 bits per heavy atom. The molecule has 0 bridgehead atoms. The van der Waals surface area contributed by atoms with E-state index in [9.17, 15) is 23.3 Å². The summed E-state index contributed by atoms with van der Waals surface area (Å²) in [4.78, 5) is 40.6. The van der Waals surface area contributed by atoms with Gasteiger partial charge in [0, 0.05) is 92.1 Å². The van der Waals surface area contributed by atoms with Crippen molar-refractivity contribution in [3.05, 3.63) is 118 Å². The number of fused-ring (bicyclic) bond motifs is 1. The molecule has 0 radical (unpaired) electrons. The molecule has 3 aromatic heterocycles. The number of nitrogens with one attached hydrogen (secondary N) is 2. The van der Waals surface area contributed by atoms with Gasteiger partial charge in [-0.1, -0.05) is 45.4 Å². The average molecular weight is 980 g/mol. The molecule has 18 heteroatoms. The van der Waals surface area contributed by atoms with E-state index < -0.39 is 15.4 Å². The molecule has 3 aromatic carbocycles. The van der Waals surface area contributed by atoms with Crippen molar-refractivity contribution in [2.24, 2.45) is 12.5 Å². The van der Waals surface area contributed by atoms with Gasteiger partial charge < -0.3 is 38.7 Å². The number of anilines is 2. The van der Waals surface area contributed by atoms with Crippen LogP contribution in [0.2, 0.25) is 5.02 Å². The Morgan fingerprint density at radius 2 is 1.72 bits per heavy atom. The number of carbonyl (C=O) groups is 1. The number of halogens is 1. The van der Waals surface area contributed by atoms with Gasteiger partial charge in [0.1, 0.15) is 47.3 Å². The predicted octanol–water partition coefficient (Wildman–Crippen LogP) is 8.88. The number of benzene rings is 3. The molecule has 1 saturated heterocycles. The zero-order chi connectivity index (χ0) is 49.5. The summed E-state index contributed by atoms with van der Waals surface area (Å²) in [5, 5.41) is 13.4. The van der Waals surface area contributed by atoms with Crippen LogP contribution in [-0.4, -0.2) is 91.2 Å². The molecule has 6 aromatic rings. The van der Waals surface area contributed by atoms with Gasteiger partial charge in [-0.2, -0.15) is 5.26 Å². The van der Waals surface area contributed by atoms with Gasteiger partial charge in [-0.15, -0.1) is 0 Å². The monoisotopic (exact) mass is 978 g/mol. The third-order valence-electron chi connectivity index (χ3n) is 12.8. The van der Waals surface area contributed by atoms with Gasteiger partial charge in [0.15, 0.2) is 0 Å². The first-order valence-electron chi connectivity index (χ1n) is 23.1. The Balaban J connectivity index is 0.904. The largest absolute Gasteiger partial charge is 0.491 e. The van der Waals surface area contributed by atoms with Crippen LogP contribution >= 0.6 is 11.6 Å². The molecule has 69 heavy (non-hydrogen) atoms. The molecule has 0 saturated carbocycles. The Morgan fingerprint density at radius 3 is 2.41 bits per heavy atom. The summed E-state index contributed by atoms with van der Waals surface area (Å²) >= 11 is 6.27. The number of aryl methyl sites for hydroxylation is 1. The maximum absolute atomic E-state index is 13.5. The number of sulfonamides is 1. The highest BCUT2D eigenvalue weighted by Crippen LogP contribution is 2.40. The number of amides is 1. The maximum atomic E-state index is 13.5. The lowest BCUT2D eigenvalue weighted by molar-refractivity contribution is 0.0201. The highest BCUT2D eigenvalue weighted by molar-refractivity contribution is 7.92. The molecule has 4 heterocycles. The summed E-state index contributed by atoms with van der Waals surface area (Å²) in [6.07, 6.45) is 9.22. The molecule has 2 N–H and O–H groups in total. The lowest BCUT2D eigenvalue weighted by Crippen LogP contribution is -2.51. The lowest BCUT2D eigenvalue weighted by atomic mass is 9.76. The van der Waals surface area contributed by atoms with Crippen LogP contribution in [0, 0.1) is 16.7 Å². The van der Waals surface area contributed by atoms with Crippen molar-refractivity contribution in [2.75, 3.05) is 48.3 Å². The number of hydrogen-bond donors (Lipinski definition) is 2. The highest BCUT2D eigenvalue weighted by Gasteiger charge is 2.38. The van der Waals surface area contributed by atoms with E-state index >= 15 is 0 Å². The molecule has 2 atom stereocenters. The van der Waals surface area contributed by atoms with Gasteiger partial charge in [0.2, 0.25) is 16.0 Å². The van der Waals surface area contributed by atoms with E-state index in [1.54, 1.807) is 81.2 Å². The number of aromatic amines is 1. The van der Waals surface area contributed by atoms with Crippen LogP contribution in [0.25, 0.3) is 22.0 Å². The molecule has 16 nitrogen and oxygen atoms in total. The summed E-state index contributed by atoms with van der Waals surface area (Å²) in [5.74, 6) is 2.33. The highest BCUT2D eigenvalue weighted by atomic mass is 35.5. The first-order valence-corrected chi connectivity index (χ1v) is 25.1. The number of aromatic nitrogens is 4. The third kappa shape index (κ3) is 11.5. The number of ether oxygens (including phenoxy) is 4. The Kier molecular flexibility index (Phi) is 15.9. The van der Waals surface area contributed by atoms with Crippen molar-refractivity contribution < 1.29 is 32.2 Å². The minimum absolute atomic E-state index is 0.0282. The van der Waals surface area contributed by atoms with Crippen molar-refractivity contribution in [1.82, 2.24) is 24.8 Å². The number of rotatable bonds is 20. The van der Waals surface area contributed by atoms with Gasteiger partial charge in [-0.25, -0.2) is 18.4 Å². The van der Waals surface area contributed by atoms with E-state index in [0.29, 0.717) is 112 Å². The van der Waals surface area contributed by atoms with Crippen molar-refractivity contribution in [2.45, 2.75) is 78.6 Å². The summed E-state index contributed by atoms with van der Waals surface area (Å²) in [6.45, 7) is 11.9. The summed E-state index contributed by atoms with van der Waals surface area (Å²) in [7, 11) is -0.368. The van der Waals surface area contributed by atoms with Crippen LogP contribution in [0.4, 0.5) is 11.6 Å². The second-order valence-corrected chi connectivity index (χ2v) is 20.2. The number of pyridine rings is 1. The van der Waals surface area contributed by atoms with E-state index in [2.05, 4.69) is 45.1 Å². The van der Waals surface area contributed by atoms with Gasteiger partial charge in [-0.3, -0.25) is 13.9 Å². The number of nitrogens with zero attached hydrogens (tertiary/aromatic N) is 6. The quantitative estimate of drug-likeness (QED) is 0.0691. The third-order valence-corrected chi connectivity index (χ3v) is 14.9. The van der Waals surface area contributed by atoms with Crippen LogP contribution in [0.5, 0.6) is 23.0 Å². The smallest absolute Gasteiger partial charge is 0.274 e. The van der Waals surface area contributed by atoms with Crippen LogP contribution < -0.4 is 34.3 Å². The van der Waals surface area contributed by atoms with Crippen LogP contribution in [0.15, 0.2) is 96.3 Å². The zero-order valence-electron chi connectivity index (χ0n) is 40.0. The van der Waals surface area contributed by atoms with Crippen molar-refractivity contribution in [3.8, 4) is 40.2 Å². The number of H-pyrrole nitrogens is 1. The molecule has 1 aliphatic heterocycles. The topological polar surface area (TPSA) is 194 Å². The van der Waals surface area contributed by atoms with E-state index in [1.807, 2.05) is 38.1 Å². The minimum atomic E-state index is -3.55. The fraction of sp³-hybridized carbons (Fsp3) is 0.392. The lowest BCUT2D eigenvalue weighted by Gasteiger charge is -2.40. The molecule has 364 valence electrons. The average Bonchev–Trinajstić information content (AvgIpc) is 3.86. The summed E-state index contributed by atoms with van der Waals surface area (Å²) < 4.78 is 53.5. The molecular formula is C51H59ClN8O8S. The maximum Gasteiger partial charge on any atom is 0.274 e. The molecule has 1 fully saturated rings. The molecule has 0 aliphatic carbocycles. The number of hydrogen-bond acceptors (Lipinski definition) is 12. The number of nitriles is 1. The molecule has 1 amide bonds. The molecule has 7 rings (SSSR count). The standard InChI is InChI=1S/C51H59ClN8O8S/c1-8-45(51(4,5)46(9-2)68-39-16-14-33(29-53)43(52)28-39)57-48(61)34-30-55-50(56-31-34)60-22-19-36(20-23-60)65-24-25-66-37-12-11-13-38(27-37)67-44-17-15-35(59(7)69(63,64)10-3)26-41(44)42-32-58(6)49(62)47-40(42)18-21-54-47/h11-18,21,26-28,30-32,36,45-46,54H,8-10,19-20,22-25H2,1-7H3,(H,57,61)/t45-,46-/m1/s1. The van der Waals surface area contributed by atoms with Crippen molar-refractivity contribution >= 4 is 50.1 Å². The van der Waals surface area contributed by atoms with E-state index in [1.165, 1.54) is 15.9 Å².